The Bertz CT molecular complexity index is 1720. The van der Waals surface area contributed by atoms with Gasteiger partial charge in [0.1, 0.15) is 19.3 Å². The molecule has 0 aromatic carbocycles. The highest BCUT2D eigenvalue weighted by molar-refractivity contribution is 7.47. The van der Waals surface area contributed by atoms with E-state index in [1.54, 1.807) is 0 Å². The van der Waals surface area contributed by atoms with Crippen molar-refractivity contribution in [2.24, 2.45) is 0 Å². The molecule has 0 spiro atoms. The van der Waals surface area contributed by atoms with Gasteiger partial charge in [-0.2, -0.15) is 0 Å². The molecule has 0 heterocycles. The van der Waals surface area contributed by atoms with Crippen molar-refractivity contribution < 1.29 is 37.3 Å². The number of rotatable bonds is 68. The monoisotopic (exact) mass is 1240 g/mol. The highest BCUT2D eigenvalue weighted by Crippen LogP contribution is 2.43. The molecular weight excluding hydrogens is 1100 g/mol. The van der Waals surface area contributed by atoms with Gasteiger partial charge in [-0.25, -0.2) is 4.57 Å². The average Bonchev–Trinajstić information content (AvgIpc) is 3.70. The van der Waals surface area contributed by atoms with Crippen LogP contribution in [0.2, 0.25) is 0 Å². The fraction of sp³-hybridized carbons (Fsp3) is 0.818. The van der Waals surface area contributed by atoms with E-state index in [1.807, 2.05) is 33.3 Å². The zero-order valence-electron chi connectivity index (χ0n) is 58.3. The normalized spacial score (nSPS) is 13.9. The Balaban J connectivity index is 4.95. The van der Waals surface area contributed by atoms with Crippen molar-refractivity contribution in [1.82, 2.24) is 5.32 Å². The molecule has 508 valence electrons. The first-order chi connectivity index (χ1) is 42.4. The first kappa shape index (κ1) is 84.5. The Hall–Kier alpha value is -2.55. The lowest BCUT2D eigenvalue weighted by Gasteiger charge is -2.27. The second kappa shape index (κ2) is 66.4. The number of phosphoric acid groups is 1. The number of nitrogens with one attached hydrogen (secondary N) is 1. The predicted octanol–water partition coefficient (Wildman–Crippen LogP) is 23.9. The number of hydrogen-bond acceptors (Lipinski definition) is 6. The average molecular weight is 1240 g/mol. The quantitative estimate of drug-likeness (QED) is 0.0205. The van der Waals surface area contributed by atoms with Crippen LogP contribution in [-0.2, 0) is 27.9 Å². The van der Waals surface area contributed by atoms with Crippen LogP contribution in [0.25, 0.3) is 0 Å². The zero-order chi connectivity index (χ0) is 63.5. The van der Waals surface area contributed by atoms with Crippen LogP contribution < -0.4 is 5.32 Å². The van der Waals surface area contributed by atoms with E-state index in [9.17, 15) is 19.0 Å². The largest absolute Gasteiger partial charge is 0.472 e. The van der Waals surface area contributed by atoms with Crippen LogP contribution in [0.15, 0.2) is 72.9 Å². The van der Waals surface area contributed by atoms with Crippen LogP contribution >= 0.6 is 7.82 Å². The van der Waals surface area contributed by atoms with E-state index in [1.165, 1.54) is 244 Å². The molecule has 0 aliphatic heterocycles. The van der Waals surface area contributed by atoms with Gasteiger partial charge < -0.3 is 19.4 Å². The summed E-state index contributed by atoms with van der Waals surface area (Å²) < 4.78 is 30.9. The van der Waals surface area contributed by atoms with E-state index in [2.05, 4.69) is 86.8 Å². The Morgan fingerprint density at radius 3 is 1.07 bits per heavy atom. The maximum Gasteiger partial charge on any atom is 0.472 e. The first-order valence-corrected chi connectivity index (χ1v) is 38.8. The third-order valence-corrected chi connectivity index (χ3v) is 17.6. The number of ether oxygens (including phenoxy) is 1. The minimum atomic E-state index is -4.46. The fourth-order valence-corrected chi connectivity index (χ4v) is 11.6. The van der Waals surface area contributed by atoms with Gasteiger partial charge in [0.05, 0.1) is 33.8 Å². The lowest BCUT2D eigenvalue weighted by atomic mass is 10.0. The predicted molar refractivity (Wildman–Crippen MR) is 378 cm³/mol. The van der Waals surface area contributed by atoms with Crippen molar-refractivity contribution >= 4 is 19.7 Å². The van der Waals surface area contributed by atoms with Crippen molar-refractivity contribution in [3.63, 3.8) is 0 Å². The van der Waals surface area contributed by atoms with E-state index in [-0.39, 0.29) is 25.1 Å². The Kier molecular flexibility index (Phi) is 64.4. The lowest BCUT2D eigenvalue weighted by Crippen LogP contribution is -2.47. The van der Waals surface area contributed by atoms with E-state index in [0.717, 1.165) is 77.0 Å². The number of hydrogen-bond donors (Lipinski definition) is 2. The summed E-state index contributed by atoms with van der Waals surface area (Å²) in [5.74, 6) is -0.495. The molecule has 87 heavy (non-hydrogen) atoms. The summed E-state index contributed by atoms with van der Waals surface area (Å²) in [4.78, 5) is 37.9. The molecular formula is C77H144N2O7P+. The van der Waals surface area contributed by atoms with Gasteiger partial charge in [-0.3, -0.25) is 18.6 Å². The SMILES string of the molecule is CCCCC/C=C\C/C=C\C/C=C\CCCCCCCCCCCCCCC(=O)NC(COP(=O)(O)OCC[N+](C)(C)C)C(/C=C/CCCCCCCCCCC)OC(=O)CCCCCCCCCCCCCCCCC/C=C\C/C=C\CCCCC. The third kappa shape index (κ3) is 67.7. The minimum absolute atomic E-state index is 0.0394. The number of phosphoric ester groups is 1. The summed E-state index contributed by atoms with van der Waals surface area (Å²) in [6.45, 7) is 7.00. The lowest BCUT2D eigenvalue weighted by molar-refractivity contribution is -0.870. The summed E-state index contributed by atoms with van der Waals surface area (Å²) in [5, 5.41) is 3.08. The first-order valence-electron chi connectivity index (χ1n) is 37.3. The Morgan fingerprint density at radius 2 is 0.701 bits per heavy atom. The topological polar surface area (TPSA) is 111 Å². The molecule has 0 aliphatic carbocycles. The maximum atomic E-state index is 13.6. The number of carbonyl (C=O) groups excluding carboxylic acids is 2. The molecule has 0 aliphatic rings. The van der Waals surface area contributed by atoms with E-state index < -0.39 is 20.0 Å². The van der Waals surface area contributed by atoms with Crippen LogP contribution in [0.5, 0.6) is 0 Å². The van der Waals surface area contributed by atoms with Gasteiger partial charge in [0, 0.05) is 12.8 Å². The molecule has 0 fully saturated rings. The molecule has 9 nitrogen and oxygen atoms in total. The number of quaternary nitrogens is 1. The summed E-state index contributed by atoms with van der Waals surface area (Å²) in [5.41, 5.74) is 0. The number of likely N-dealkylation sites (N-methyl/N-ethyl adjacent to an activating group) is 1. The third-order valence-electron chi connectivity index (χ3n) is 16.6. The van der Waals surface area contributed by atoms with Crippen molar-refractivity contribution in [3.05, 3.63) is 72.9 Å². The molecule has 3 atom stereocenters. The van der Waals surface area contributed by atoms with E-state index in [4.69, 9.17) is 13.8 Å². The Morgan fingerprint density at radius 1 is 0.402 bits per heavy atom. The van der Waals surface area contributed by atoms with Gasteiger partial charge in [-0.15, -0.1) is 0 Å². The second-order valence-corrected chi connectivity index (χ2v) is 27.9. The molecule has 0 bridgehead atoms. The molecule has 0 saturated carbocycles. The highest BCUT2D eigenvalue weighted by Gasteiger charge is 2.30. The number of allylic oxidation sites excluding steroid dienone is 11. The van der Waals surface area contributed by atoms with Gasteiger partial charge in [-0.1, -0.05) is 312 Å². The molecule has 1 amide bonds. The zero-order valence-corrected chi connectivity index (χ0v) is 59.2. The van der Waals surface area contributed by atoms with Crippen molar-refractivity contribution in [1.29, 1.82) is 0 Å². The fourth-order valence-electron chi connectivity index (χ4n) is 10.9. The summed E-state index contributed by atoms with van der Waals surface area (Å²) >= 11 is 0. The van der Waals surface area contributed by atoms with Crippen LogP contribution in [0.3, 0.4) is 0 Å². The molecule has 0 saturated heterocycles. The summed E-state index contributed by atoms with van der Waals surface area (Å²) in [6, 6.07) is -0.851. The summed E-state index contributed by atoms with van der Waals surface area (Å²) in [6.07, 6.45) is 87.8. The standard InChI is InChI=1S/C77H143N2O7P/c1-7-10-13-16-19-22-25-27-29-31-33-35-37-39-41-43-45-47-49-51-54-57-60-63-66-69-76(80)78-74(73-85-87(82,83)84-72-71-79(4,5)6)75(68-65-62-59-56-53-24-21-18-15-12-9-3)86-77(81)70-67-64-61-58-55-52-50-48-46-44-42-40-38-36-34-32-30-28-26-23-20-17-14-11-8-2/h19-20,22-23,27-30,33,35,65,68,74-75H,7-18,21,24-26,31-32,34,36-64,66-67,69-73H2,1-6H3,(H-,78,80,82,83)/p+1/b22-19-,23-20-,29-27-,30-28-,35-33-,68-65+. The second-order valence-electron chi connectivity index (χ2n) is 26.5. The molecule has 3 unspecified atom stereocenters. The maximum absolute atomic E-state index is 13.6. The number of unbranched alkanes of at least 4 members (excludes halogenated alkanes) is 42. The van der Waals surface area contributed by atoms with Gasteiger partial charge in [0.2, 0.25) is 5.91 Å². The molecule has 0 radical (unpaired) electrons. The number of carbonyl (C=O) groups is 2. The Labute approximate surface area is 540 Å². The van der Waals surface area contributed by atoms with E-state index >= 15 is 0 Å². The van der Waals surface area contributed by atoms with E-state index in [0.29, 0.717) is 23.9 Å². The minimum Gasteiger partial charge on any atom is -0.456 e. The van der Waals surface area contributed by atoms with Crippen LogP contribution in [0.1, 0.15) is 355 Å². The summed E-state index contributed by atoms with van der Waals surface area (Å²) in [7, 11) is 1.50. The van der Waals surface area contributed by atoms with Gasteiger partial charge in [0.15, 0.2) is 0 Å². The molecule has 0 rings (SSSR count). The van der Waals surface area contributed by atoms with Crippen molar-refractivity contribution in [2.45, 2.75) is 367 Å². The molecule has 2 N–H and O–H groups in total. The van der Waals surface area contributed by atoms with Gasteiger partial charge in [0.25, 0.3) is 0 Å². The smallest absolute Gasteiger partial charge is 0.456 e. The van der Waals surface area contributed by atoms with Crippen molar-refractivity contribution in [2.75, 3.05) is 40.9 Å². The van der Waals surface area contributed by atoms with Crippen molar-refractivity contribution in [3.8, 4) is 0 Å². The van der Waals surface area contributed by atoms with Gasteiger partial charge in [-0.05, 0) is 102 Å². The number of nitrogens with zero attached hydrogens (tertiary/aromatic N) is 1. The number of esters is 1. The van der Waals surface area contributed by atoms with Crippen LogP contribution in [0, 0.1) is 0 Å². The van der Waals surface area contributed by atoms with Crippen LogP contribution in [0.4, 0.5) is 0 Å². The number of amides is 1. The highest BCUT2D eigenvalue weighted by atomic mass is 31.2. The van der Waals surface area contributed by atoms with Crippen LogP contribution in [-0.4, -0.2) is 74.3 Å². The molecule has 10 heteroatoms. The molecule has 0 aromatic rings. The molecule has 0 aromatic heterocycles. The van der Waals surface area contributed by atoms with Gasteiger partial charge >= 0.3 is 13.8 Å².